The fourth-order valence-electron chi connectivity index (χ4n) is 2.54. The summed E-state index contributed by atoms with van der Waals surface area (Å²) < 4.78 is 14.2. The van der Waals surface area contributed by atoms with Gasteiger partial charge in [-0.2, -0.15) is 0 Å². The summed E-state index contributed by atoms with van der Waals surface area (Å²) >= 11 is 7.19. The van der Waals surface area contributed by atoms with Crippen molar-refractivity contribution in [2.75, 3.05) is 10.7 Å². The summed E-state index contributed by atoms with van der Waals surface area (Å²) in [6.45, 7) is 2.15. The van der Waals surface area contributed by atoms with Crippen LogP contribution < -0.4 is 0 Å². The lowest BCUT2D eigenvalue weighted by atomic mass is 9.78. The standard InChI is InChI=1S/C18H19Br2F/c1-2-14-7-9-15(10-8-14)11-18(12-19,13-20)16-5-3-4-6-17(16)21/h3-10H,2,11-13H2,1H3. The Morgan fingerprint density at radius 2 is 1.48 bits per heavy atom. The van der Waals surface area contributed by atoms with Crippen LogP contribution in [0.25, 0.3) is 0 Å². The zero-order chi connectivity index (χ0) is 15.3. The number of aryl methyl sites for hydroxylation is 1. The van der Waals surface area contributed by atoms with Gasteiger partial charge in [0.2, 0.25) is 0 Å². The second-order valence-electron chi connectivity index (χ2n) is 5.37. The molecule has 112 valence electrons. The van der Waals surface area contributed by atoms with E-state index < -0.39 is 0 Å². The molecule has 2 aromatic carbocycles. The van der Waals surface area contributed by atoms with Crippen LogP contribution in [-0.4, -0.2) is 10.7 Å². The lowest BCUT2D eigenvalue weighted by Gasteiger charge is -2.31. The molecule has 0 aliphatic carbocycles. The quantitative estimate of drug-likeness (QED) is 0.536. The van der Waals surface area contributed by atoms with Crippen molar-refractivity contribution in [3.63, 3.8) is 0 Å². The van der Waals surface area contributed by atoms with Crippen molar-refractivity contribution in [3.05, 3.63) is 71.0 Å². The van der Waals surface area contributed by atoms with E-state index >= 15 is 0 Å². The zero-order valence-electron chi connectivity index (χ0n) is 12.1. The molecule has 2 rings (SSSR count). The second-order valence-corrected chi connectivity index (χ2v) is 6.50. The van der Waals surface area contributed by atoms with E-state index in [2.05, 4.69) is 63.0 Å². The van der Waals surface area contributed by atoms with Crippen molar-refractivity contribution >= 4 is 31.9 Å². The van der Waals surface area contributed by atoms with Crippen molar-refractivity contribution in [1.82, 2.24) is 0 Å². The van der Waals surface area contributed by atoms with Crippen LogP contribution in [0, 0.1) is 5.82 Å². The van der Waals surface area contributed by atoms with E-state index in [1.807, 2.05) is 12.1 Å². The Labute approximate surface area is 143 Å². The molecule has 0 unspecified atom stereocenters. The molecule has 21 heavy (non-hydrogen) atoms. The number of halogens is 3. The van der Waals surface area contributed by atoms with Crippen molar-refractivity contribution in [2.45, 2.75) is 25.2 Å². The minimum absolute atomic E-state index is 0.137. The Kier molecular flexibility index (Phi) is 6.00. The SMILES string of the molecule is CCc1ccc(CC(CBr)(CBr)c2ccccc2F)cc1. The zero-order valence-corrected chi connectivity index (χ0v) is 15.3. The van der Waals surface area contributed by atoms with Gasteiger partial charge in [0.1, 0.15) is 5.82 Å². The van der Waals surface area contributed by atoms with Gasteiger partial charge in [-0.25, -0.2) is 4.39 Å². The summed E-state index contributed by atoms with van der Waals surface area (Å²) in [7, 11) is 0. The van der Waals surface area contributed by atoms with Crippen molar-refractivity contribution in [3.8, 4) is 0 Å². The third-order valence-corrected chi connectivity index (χ3v) is 6.08. The van der Waals surface area contributed by atoms with Gasteiger partial charge in [0, 0.05) is 16.1 Å². The van der Waals surface area contributed by atoms with Gasteiger partial charge < -0.3 is 0 Å². The summed E-state index contributed by atoms with van der Waals surface area (Å²) in [5.41, 5.74) is 3.04. The molecule has 0 aliphatic heterocycles. The molecule has 0 atom stereocenters. The van der Waals surface area contributed by atoms with E-state index in [-0.39, 0.29) is 11.2 Å². The fourth-order valence-corrected chi connectivity index (χ4v) is 4.47. The van der Waals surface area contributed by atoms with Gasteiger partial charge in [-0.3, -0.25) is 0 Å². The number of benzene rings is 2. The van der Waals surface area contributed by atoms with Gasteiger partial charge in [-0.15, -0.1) is 0 Å². The Bertz CT molecular complexity index is 574. The van der Waals surface area contributed by atoms with Gasteiger partial charge in [-0.1, -0.05) is 81.2 Å². The maximum Gasteiger partial charge on any atom is 0.127 e. The van der Waals surface area contributed by atoms with Crippen molar-refractivity contribution < 1.29 is 4.39 Å². The largest absolute Gasteiger partial charge is 0.207 e. The lowest BCUT2D eigenvalue weighted by Crippen LogP contribution is -2.34. The molecule has 3 heteroatoms. The first-order chi connectivity index (χ1) is 10.1. The molecule has 0 heterocycles. The Hall–Kier alpha value is -0.670. The van der Waals surface area contributed by atoms with Crippen molar-refractivity contribution in [1.29, 1.82) is 0 Å². The smallest absolute Gasteiger partial charge is 0.127 e. The Morgan fingerprint density at radius 1 is 0.905 bits per heavy atom. The maximum atomic E-state index is 14.2. The van der Waals surface area contributed by atoms with E-state index in [1.165, 1.54) is 17.2 Å². The van der Waals surface area contributed by atoms with Crippen LogP contribution in [0.5, 0.6) is 0 Å². The molecule has 0 radical (unpaired) electrons. The molecule has 0 aromatic heterocycles. The molecule has 2 aromatic rings. The van der Waals surface area contributed by atoms with Crippen LogP contribution in [-0.2, 0) is 18.3 Å². The van der Waals surface area contributed by atoms with E-state index in [0.29, 0.717) is 10.7 Å². The first-order valence-electron chi connectivity index (χ1n) is 7.10. The van der Waals surface area contributed by atoms with Gasteiger partial charge in [0.15, 0.2) is 0 Å². The molecular weight excluding hydrogens is 395 g/mol. The summed E-state index contributed by atoms with van der Waals surface area (Å²) in [4.78, 5) is 0. The van der Waals surface area contributed by atoms with Crippen LogP contribution in [0.3, 0.4) is 0 Å². The normalized spacial score (nSPS) is 11.6. The van der Waals surface area contributed by atoms with E-state index in [9.17, 15) is 4.39 Å². The number of hydrogen-bond donors (Lipinski definition) is 0. The predicted octanol–water partition coefficient (Wildman–Crippen LogP) is 5.66. The second kappa shape index (κ2) is 7.55. The molecular formula is C18H19Br2F. The highest BCUT2D eigenvalue weighted by Crippen LogP contribution is 2.34. The third kappa shape index (κ3) is 3.75. The fraction of sp³-hybridized carbons (Fsp3) is 0.333. The van der Waals surface area contributed by atoms with Crippen LogP contribution in [0.1, 0.15) is 23.6 Å². The van der Waals surface area contributed by atoms with Gasteiger partial charge in [0.25, 0.3) is 0 Å². The molecule has 0 bridgehead atoms. The average Bonchev–Trinajstić information content (AvgIpc) is 2.54. The molecule has 0 fully saturated rings. The van der Waals surface area contributed by atoms with Crippen LogP contribution in [0.15, 0.2) is 48.5 Å². The van der Waals surface area contributed by atoms with E-state index in [4.69, 9.17) is 0 Å². The summed E-state index contributed by atoms with van der Waals surface area (Å²) in [6, 6.07) is 15.7. The highest BCUT2D eigenvalue weighted by Gasteiger charge is 2.32. The highest BCUT2D eigenvalue weighted by molar-refractivity contribution is 9.09. The summed E-state index contributed by atoms with van der Waals surface area (Å²) in [6.07, 6.45) is 1.84. The minimum Gasteiger partial charge on any atom is -0.207 e. The van der Waals surface area contributed by atoms with E-state index in [0.717, 1.165) is 18.4 Å². The Balaban J connectivity index is 2.36. The van der Waals surface area contributed by atoms with Gasteiger partial charge >= 0.3 is 0 Å². The van der Waals surface area contributed by atoms with Crippen LogP contribution >= 0.6 is 31.9 Å². The highest BCUT2D eigenvalue weighted by atomic mass is 79.9. The molecule has 0 amide bonds. The van der Waals surface area contributed by atoms with Crippen molar-refractivity contribution in [2.24, 2.45) is 0 Å². The van der Waals surface area contributed by atoms with Crippen LogP contribution in [0.2, 0.25) is 0 Å². The monoisotopic (exact) mass is 412 g/mol. The molecule has 0 saturated carbocycles. The first kappa shape index (κ1) is 16.7. The number of alkyl halides is 2. The summed E-state index contributed by atoms with van der Waals surface area (Å²) in [5, 5.41) is 1.42. The Morgan fingerprint density at radius 3 is 2.00 bits per heavy atom. The van der Waals surface area contributed by atoms with Crippen LogP contribution in [0.4, 0.5) is 4.39 Å². The van der Waals surface area contributed by atoms with Gasteiger partial charge in [-0.05, 0) is 35.6 Å². The van der Waals surface area contributed by atoms with Gasteiger partial charge in [0.05, 0.1) is 0 Å². The van der Waals surface area contributed by atoms with E-state index in [1.54, 1.807) is 6.07 Å². The minimum atomic E-state index is -0.279. The topological polar surface area (TPSA) is 0 Å². The molecule has 0 spiro atoms. The predicted molar refractivity (Wildman–Crippen MR) is 95.2 cm³/mol. The summed E-state index contributed by atoms with van der Waals surface area (Å²) in [5.74, 6) is -0.137. The molecule has 0 nitrogen and oxygen atoms in total. The number of hydrogen-bond acceptors (Lipinski definition) is 0. The average molecular weight is 414 g/mol. The molecule has 0 N–H and O–H groups in total. The first-order valence-corrected chi connectivity index (χ1v) is 9.34. The third-order valence-electron chi connectivity index (χ3n) is 3.93. The maximum absolute atomic E-state index is 14.2. The lowest BCUT2D eigenvalue weighted by molar-refractivity contribution is 0.501. The number of rotatable bonds is 6. The molecule has 0 aliphatic rings. The molecule has 0 saturated heterocycles.